The third-order valence-electron chi connectivity index (χ3n) is 2.11. The van der Waals surface area contributed by atoms with Crippen molar-refractivity contribution in [1.29, 1.82) is 0 Å². The van der Waals surface area contributed by atoms with Crippen LogP contribution in [0.2, 0.25) is 0 Å². The van der Waals surface area contributed by atoms with Gasteiger partial charge in [0.1, 0.15) is 12.2 Å². The molecule has 0 bridgehead atoms. The summed E-state index contributed by atoms with van der Waals surface area (Å²) in [5, 5.41) is 8.85. The van der Waals surface area contributed by atoms with Crippen LogP contribution in [0.25, 0.3) is 0 Å². The van der Waals surface area contributed by atoms with Gasteiger partial charge in [0.05, 0.1) is 20.7 Å². The van der Waals surface area contributed by atoms with Crippen molar-refractivity contribution in [2.45, 2.75) is 0 Å². The molecule has 1 aromatic rings. The third-order valence-corrected chi connectivity index (χ3v) is 2.11. The first-order chi connectivity index (χ1) is 5.67. The van der Waals surface area contributed by atoms with Crippen LogP contribution in [0.5, 0.6) is 0 Å². The summed E-state index contributed by atoms with van der Waals surface area (Å²) in [6, 6.07) is 10.2. The molecule has 0 radical (unpaired) electrons. The first kappa shape index (κ1) is 12.4. The summed E-state index contributed by atoms with van der Waals surface area (Å²) in [5.41, 5.74) is 1.23. The fraction of sp³-hybridized carbons (Fsp3) is 0.400. The summed E-state index contributed by atoms with van der Waals surface area (Å²) in [6.07, 6.45) is 0. The molecule has 1 rings (SSSR count). The van der Waals surface area contributed by atoms with Crippen LogP contribution in [0.1, 0.15) is 0 Å². The molecule has 74 valence electrons. The second kappa shape index (κ2) is 5.22. The quantitative estimate of drug-likeness (QED) is 0.576. The maximum Gasteiger partial charge on any atom is 0.132 e. The summed E-state index contributed by atoms with van der Waals surface area (Å²) < 4.78 is 0.733. The van der Waals surface area contributed by atoms with Gasteiger partial charge in [-0.2, -0.15) is 0 Å². The van der Waals surface area contributed by atoms with E-state index < -0.39 is 0 Å². The van der Waals surface area contributed by atoms with Crippen LogP contribution < -0.4 is 16.9 Å². The van der Waals surface area contributed by atoms with Crippen LogP contribution in [-0.4, -0.2) is 32.4 Å². The molecule has 0 unspecified atom stereocenters. The van der Waals surface area contributed by atoms with Crippen molar-refractivity contribution in [2.75, 3.05) is 27.2 Å². The van der Waals surface area contributed by atoms with Gasteiger partial charge in [-0.05, 0) is 12.1 Å². The number of hydrogen-bond donors (Lipinski definition) is 1. The van der Waals surface area contributed by atoms with E-state index in [0.29, 0.717) is 0 Å². The highest BCUT2D eigenvalue weighted by molar-refractivity contribution is 5.40. The number of aliphatic hydroxyl groups excluding tert-OH is 1. The molecular weight excluding hydrogens is 186 g/mol. The van der Waals surface area contributed by atoms with Gasteiger partial charge in [0.25, 0.3) is 0 Å². The van der Waals surface area contributed by atoms with Crippen LogP contribution in [0.4, 0.5) is 5.69 Å². The Balaban J connectivity index is 0.00000144. The fourth-order valence-electron chi connectivity index (χ4n) is 1.21. The van der Waals surface area contributed by atoms with Gasteiger partial charge in [0.15, 0.2) is 0 Å². The summed E-state index contributed by atoms with van der Waals surface area (Å²) in [7, 11) is 4.18. The first-order valence-corrected chi connectivity index (χ1v) is 4.16. The Hall–Kier alpha value is -0.570. The monoisotopic (exact) mass is 201 g/mol. The van der Waals surface area contributed by atoms with Crippen LogP contribution >= 0.6 is 0 Å². The lowest BCUT2D eigenvalue weighted by Crippen LogP contribution is -3.00. The van der Waals surface area contributed by atoms with E-state index in [1.807, 2.05) is 18.2 Å². The van der Waals surface area contributed by atoms with Crippen LogP contribution in [0.15, 0.2) is 30.3 Å². The topological polar surface area (TPSA) is 20.2 Å². The normalized spacial score (nSPS) is 10.7. The first-order valence-electron chi connectivity index (χ1n) is 4.16. The minimum atomic E-state index is 0. The van der Waals surface area contributed by atoms with Crippen molar-refractivity contribution in [2.24, 2.45) is 0 Å². The minimum absolute atomic E-state index is 0. The average molecular weight is 202 g/mol. The van der Waals surface area contributed by atoms with Gasteiger partial charge in [0, 0.05) is 0 Å². The molecule has 0 amide bonds. The van der Waals surface area contributed by atoms with Crippen molar-refractivity contribution >= 4 is 5.69 Å². The number of likely N-dealkylation sites (N-methyl/N-ethyl adjacent to an activating group) is 1. The van der Waals surface area contributed by atoms with E-state index in [9.17, 15) is 0 Å². The molecular formula is C10H16ClNO. The zero-order valence-corrected chi connectivity index (χ0v) is 8.83. The zero-order chi connectivity index (χ0) is 9.03. The summed E-state index contributed by atoms with van der Waals surface area (Å²) >= 11 is 0. The molecule has 0 aliphatic rings. The highest BCUT2D eigenvalue weighted by atomic mass is 35.5. The van der Waals surface area contributed by atoms with Gasteiger partial charge in [-0.1, -0.05) is 18.2 Å². The molecule has 0 heterocycles. The van der Waals surface area contributed by atoms with E-state index in [0.717, 1.165) is 11.0 Å². The van der Waals surface area contributed by atoms with Gasteiger partial charge >= 0.3 is 0 Å². The second-order valence-corrected chi connectivity index (χ2v) is 3.47. The van der Waals surface area contributed by atoms with Gasteiger partial charge in [0.2, 0.25) is 0 Å². The van der Waals surface area contributed by atoms with Crippen LogP contribution in [-0.2, 0) is 0 Å². The molecule has 3 heteroatoms. The number of hydrogen-bond acceptors (Lipinski definition) is 1. The number of benzene rings is 1. The number of aliphatic hydroxyl groups is 1. The number of para-hydroxylation sites is 1. The van der Waals surface area contributed by atoms with Crippen LogP contribution in [0, 0.1) is 0 Å². The molecule has 0 saturated heterocycles. The predicted octanol–water partition coefficient (Wildman–Crippen LogP) is -1.75. The maximum absolute atomic E-state index is 8.85. The molecule has 13 heavy (non-hydrogen) atoms. The Morgan fingerprint density at radius 2 is 1.69 bits per heavy atom. The van der Waals surface area contributed by atoms with E-state index in [-0.39, 0.29) is 19.0 Å². The molecule has 1 aromatic carbocycles. The highest BCUT2D eigenvalue weighted by Crippen LogP contribution is 2.16. The Kier molecular flexibility index (Phi) is 4.99. The Bertz CT molecular complexity index is 236. The van der Waals surface area contributed by atoms with Gasteiger partial charge in [-0.25, -0.2) is 0 Å². The minimum Gasteiger partial charge on any atom is -1.00 e. The molecule has 0 aliphatic carbocycles. The summed E-state index contributed by atoms with van der Waals surface area (Å²) in [5.74, 6) is 0. The Labute approximate surface area is 85.8 Å². The Morgan fingerprint density at radius 3 is 2.15 bits per heavy atom. The molecule has 0 fully saturated rings. The van der Waals surface area contributed by atoms with Gasteiger partial charge in [-0.3, -0.25) is 4.48 Å². The fourth-order valence-corrected chi connectivity index (χ4v) is 1.21. The highest BCUT2D eigenvalue weighted by Gasteiger charge is 2.16. The van der Waals surface area contributed by atoms with Crippen molar-refractivity contribution < 1.29 is 17.5 Å². The van der Waals surface area contributed by atoms with Crippen molar-refractivity contribution in [3.05, 3.63) is 30.3 Å². The Morgan fingerprint density at radius 1 is 1.15 bits per heavy atom. The lowest BCUT2D eigenvalue weighted by atomic mass is 10.2. The molecule has 0 atom stereocenters. The van der Waals surface area contributed by atoms with Crippen molar-refractivity contribution in [1.82, 2.24) is 4.48 Å². The SMILES string of the molecule is C[N+](C)(CCO)c1ccccc1.[Cl-]. The largest absolute Gasteiger partial charge is 1.00 e. The van der Waals surface area contributed by atoms with E-state index in [2.05, 4.69) is 26.2 Å². The van der Waals surface area contributed by atoms with E-state index in [1.54, 1.807) is 0 Å². The molecule has 1 N–H and O–H groups in total. The van der Waals surface area contributed by atoms with Gasteiger partial charge in [-0.15, -0.1) is 0 Å². The van der Waals surface area contributed by atoms with Crippen molar-refractivity contribution in [3.63, 3.8) is 0 Å². The van der Waals surface area contributed by atoms with Crippen molar-refractivity contribution in [3.8, 4) is 0 Å². The zero-order valence-electron chi connectivity index (χ0n) is 8.07. The number of rotatable bonds is 3. The number of quaternary nitrogens is 1. The summed E-state index contributed by atoms with van der Waals surface area (Å²) in [6.45, 7) is 0.978. The molecule has 0 aliphatic heterocycles. The number of nitrogens with zero attached hydrogens (tertiary/aromatic N) is 1. The molecule has 0 spiro atoms. The smallest absolute Gasteiger partial charge is 0.132 e. The molecule has 0 aromatic heterocycles. The number of halogens is 1. The second-order valence-electron chi connectivity index (χ2n) is 3.47. The molecule has 0 saturated carbocycles. The lowest BCUT2D eigenvalue weighted by Gasteiger charge is -2.28. The van der Waals surface area contributed by atoms with E-state index in [1.165, 1.54) is 5.69 Å². The molecule has 2 nitrogen and oxygen atoms in total. The third kappa shape index (κ3) is 3.35. The van der Waals surface area contributed by atoms with E-state index >= 15 is 0 Å². The predicted molar refractivity (Wildman–Crippen MR) is 52.0 cm³/mol. The standard InChI is InChI=1S/C10H16NO.ClH/c1-11(2,8-9-12)10-6-4-3-5-7-10;/h3-7,12H,8-9H2,1-2H3;1H/q+1;/p-1. The average Bonchev–Trinajstić information content (AvgIpc) is 2.06. The maximum atomic E-state index is 8.85. The van der Waals surface area contributed by atoms with Gasteiger partial charge < -0.3 is 17.5 Å². The lowest BCUT2D eigenvalue weighted by molar-refractivity contribution is -0.00000403. The van der Waals surface area contributed by atoms with E-state index in [4.69, 9.17) is 5.11 Å². The van der Waals surface area contributed by atoms with Crippen LogP contribution in [0.3, 0.4) is 0 Å². The summed E-state index contributed by atoms with van der Waals surface area (Å²) in [4.78, 5) is 0.